The molecule has 0 aromatic heterocycles. The zero-order chi connectivity index (χ0) is 19.1. The number of likely N-dealkylation sites (tertiary alicyclic amines) is 1. The van der Waals surface area contributed by atoms with E-state index in [9.17, 15) is 4.79 Å². The first kappa shape index (κ1) is 19.4. The highest BCUT2D eigenvalue weighted by Crippen LogP contribution is 2.24. The summed E-state index contributed by atoms with van der Waals surface area (Å²) in [5.41, 5.74) is 2.62. The largest absolute Gasteiger partial charge is 0.484 e. The van der Waals surface area contributed by atoms with E-state index in [1.54, 1.807) is 0 Å². The van der Waals surface area contributed by atoms with Crippen LogP contribution in [0.25, 0.3) is 0 Å². The lowest BCUT2D eigenvalue weighted by Gasteiger charge is -2.36. The van der Waals surface area contributed by atoms with E-state index in [-0.39, 0.29) is 18.6 Å². The van der Waals surface area contributed by atoms with E-state index in [0.717, 1.165) is 38.1 Å². The second-order valence-corrected chi connectivity index (χ2v) is 7.25. The quantitative estimate of drug-likeness (QED) is 0.806. The number of benzene rings is 2. The smallest absolute Gasteiger partial charge is 0.258 e. The fraction of sp³-hybridized carbons (Fsp3) is 0.435. The highest BCUT2D eigenvalue weighted by atomic mass is 16.5. The van der Waals surface area contributed by atoms with Gasteiger partial charge in [0.25, 0.3) is 5.91 Å². The number of carbonyl (C=O) groups is 1. The summed E-state index contributed by atoms with van der Waals surface area (Å²) in [6.45, 7) is 6.45. The molecule has 4 nitrogen and oxygen atoms in total. The highest BCUT2D eigenvalue weighted by Gasteiger charge is 2.24. The van der Waals surface area contributed by atoms with Crippen molar-refractivity contribution in [3.63, 3.8) is 0 Å². The summed E-state index contributed by atoms with van der Waals surface area (Å²) in [6.07, 6.45) is 2.96. The zero-order valence-electron chi connectivity index (χ0n) is 16.4. The third-order valence-electron chi connectivity index (χ3n) is 5.43. The second kappa shape index (κ2) is 9.56. The summed E-state index contributed by atoms with van der Waals surface area (Å²) in [5.74, 6) is 0.706. The van der Waals surface area contributed by atoms with Crippen molar-refractivity contribution in [3.05, 3.63) is 65.7 Å². The van der Waals surface area contributed by atoms with Gasteiger partial charge in [-0.25, -0.2) is 0 Å². The fourth-order valence-corrected chi connectivity index (χ4v) is 3.61. The van der Waals surface area contributed by atoms with Crippen LogP contribution in [-0.2, 0) is 11.2 Å². The minimum absolute atomic E-state index is 0.0378. The van der Waals surface area contributed by atoms with Crippen LogP contribution in [0.4, 0.5) is 0 Å². The van der Waals surface area contributed by atoms with E-state index in [4.69, 9.17) is 4.74 Å². The molecule has 4 heteroatoms. The fourth-order valence-electron chi connectivity index (χ4n) is 3.61. The monoisotopic (exact) mass is 366 g/mol. The predicted molar refractivity (Wildman–Crippen MR) is 109 cm³/mol. The number of ether oxygens (including phenoxy) is 1. The first-order valence-corrected chi connectivity index (χ1v) is 9.96. The number of carbonyl (C=O) groups excluding carboxylic acids is 1. The van der Waals surface area contributed by atoms with Gasteiger partial charge in [-0.05, 0) is 49.4 Å². The van der Waals surface area contributed by atoms with Crippen molar-refractivity contribution in [2.75, 3.05) is 19.7 Å². The van der Waals surface area contributed by atoms with Crippen molar-refractivity contribution >= 4 is 5.91 Å². The van der Waals surface area contributed by atoms with E-state index in [0.29, 0.717) is 6.04 Å². The molecule has 0 spiro atoms. The number of hydrogen-bond acceptors (Lipinski definition) is 3. The van der Waals surface area contributed by atoms with E-state index in [1.165, 1.54) is 11.1 Å². The van der Waals surface area contributed by atoms with Crippen LogP contribution < -0.4 is 10.1 Å². The number of hydrogen-bond donors (Lipinski definition) is 1. The molecule has 1 N–H and O–H groups in total. The van der Waals surface area contributed by atoms with Gasteiger partial charge in [0.2, 0.25) is 0 Å². The molecule has 1 aliphatic heterocycles. The van der Waals surface area contributed by atoms with Gasteiger partial charge in [0.1, 0.15) is 5.75 Å². The molecule has 2 aromatic carbocycles. The van der Waals surface area contributed by atoms with Gasteiger partial charge in [-0.1, -0.05) is 49.4 Å². The molecule has 1 atom stereocenters. The maximum absolute atomic E-state index is 12.2. The molecule has 0 bridgehead atoms. The molecule has 0 radical (unpaired) electrons. The Balaban J connectivity index is 1.40. The van der Waals surface area contributed by atoms with Crippen molar-refractivity contribution in [1.82, 2.24) is 10.2 Å². The topological polar surface area (TPSA) is 41.6 Å². The molecule has 27 heavy (non-hydrogen) atoms. The maximum atomic E-state index is 12.2. The SMILES string of the molecule is CCc1ccc(OCC(=O)NC2CCN([C@H](C)c3ccccc3)CC2)cc1. The van der Waals surface area contributed by atoms with Gasteiger partial charge in [-0.3, -0.25) is 9.69 Å². The third kappa shape index (κ3) is 5.57. The molecule has 1 saturated heterocycles. The standard InChI is InChI=1S/C23H30N2O2/c1-3-19-9-11-22(12-10-19)27-17-23(26)24-21-13-15-25(16-14-21)18(2)20-7-5-4-6-8-20/h4-12,18,21H,3,13-17H2,1-2H3,(H,24,26)/t18-/m1/s1. The molecule has 0 saturated carbocycles. The van der Waals surface area contributed by atoms with E-state index < -0.39 is 0 Å². The average Bonchev–Trinajstić information content (AvgIpc) is 2.73. The van der Waals surface area contributed by atoms with Gasteiger partial charge in [0, 0.05) is 25.2 Å². The van der Waals surface area contributed by atoms with Crippen LogP contribution in [-0.4, -0.2) is 36.5 Å². The van der Waals surface area contributed by atoms with Crippen LogP contribution in [0.5, 0.6) is 5.75 Å². The van der Waals surface area contributed by atoms with Gasteiger partial charge in [-0.15, -0.1) is 0 Å². The van der Waals surface area contributed by atoms with Crippen LogP contribution in [0.2, 0.25) is 0 Å². The average molecular weight is 367 g/mol. The van der Waals surface area contributed by atoms with Crippen LogP contribution in [0.15, 0.2) is 54.6 Å². The normalized spacial score (nSPS) is 16.7. The minimum atomic E-state index is -0.0378. The lowest BCUT2D eigenvalue weighted by atomic mass is 10.00. The molecule has 2 aromatic rings. The Morgan fingerprint density at radius 2 is 1.78 bits per heavy atom. The van der Waals surface area contributed by atoms with Crippen molar-refractivity contribution in [2.45, 2.75) is 45.2 Å². The van der Waals surface area contributed by atoms with Gasteiger partial charge in [0.05, 0.1) is 0 Å². The Labute approximate surface area is 162 Å². The van der Waals surface area contributed by atoms with Crippen LogP contribution >= 0.6 is 0 Å². The zero-order valence-corrected chi connectivity index (χ0v) is 16.4. The van der Waals surface area contributed by atoms with E-state index in [1.807, 2.05) is 24.3 Å². The Kier molecular flexibility index (Phi) is 6.88. The molecule has 0 aliphatic carbocycles. The molecule has 1 amide bonds. The summed E-state index contributed by atoms with van der Waals surface area (Å²) in [7, 11) is 0. The summed E-state index contributed by atoms with van der Waals surface area (Å²) in [5, 5.41) is 3.12. The molecule has 1 fully saturated rings. The molecular formula is C23H30N2O2. The first-order valence-electron chi connectivity index (χ1n) is 9.96. The molecule has 0 unspecified atom stereocenters. The first-order chi connectivity index (χ1) is 13.2. The number of amides is 1. The van der Waals surface area contributed by atoms with Crippen LogP contribution in [0.1, 0.15) is 43.9 Å². The van der Waals surface area contributed by atoms with Gasteiger partial charge < -0.3 is 10.1 Å². The molecule has 144 valence electrons. The van der Waals surface area contributed by atoms with Crippen molar-refractivity contribution < 1.29 is 9.53 Å². The molecule has 1 aliphatic rings. The Hall–Kier alpha value is -2.33. The third-order valence-corrected chi connectivity index (χ3v) is 5.43. The molecule has 3 rings (SSSR count). The van der Waals surface area contributed by atoms with Gasteiger partial charge in [-0.2, -0.15) is 0 Å². The van der Waals surface area contributed by atoms with Crippen LogP contribution in [0.3, 0.4) is 0 Å². The summed E-state index contributed by atoms with van der Waals surface area (Å²) in [6, 6.07) is 19.2. The minimum Gasteiger partial charge on any atom is -0.484 e. The Morgan fingerprint density at radius 3 is 2.41 bits per heavy atom. The van der Waals surface area contributed by atoms with Crippen molar-refractivity contribution in [2.24, 2.45) is 0 Å². The van der Waals surface area contributed by atoms with Crippen molar-refractivity contribution in [3.8, 4) is 5.75 Å². The number of nitrogens with one attached hydrogen (secondary N) is 1. The summed E-state index contributed by atoms with van der Waals surface area (Å²) >= 11 is 0. The second-order valence-electron chi connectivity index (χ2n) is 7.25. The highest BCUT2D eigenvalue weighted by molar-refractivity contribution is 5.77. The van der Waals surface area contributed by atoms with E-state index in [2.05, 4.69) is 54.4 Å². The van der Waals surface area contributed by atoms with Crippen LogP contribution in [0, 0.1) is 0 Å². The van der Waals surface area contributed by atoms with Gasteiger partial charge >= 0.3 is 0 Å². The summed E-state index contributed by atoms with van der Waals surface area (Å²) < 4.78 is 5.60. The Bertz CT molecular complexity index is 707. The maximum Gasteiger partial charge on any atom is 0.258 e. The molecule has 1 heterocycles. The molecular weight excluding hydrogens is 336 g/mol. The predicted octanol–water partition coefficient (Wildman–Crippen LogP) is 3.97. The number of nitrogens with zero attached hydrogens (tertiary/aromatic N) is 1. The Morgan fingerprint density at radius 1 is 1.11 bits per heavy atom. The number of piperidine rings is 1. The summed E-state index contributed by atoms with van der Waals surface area (Å²) in [4.78, 5) is 14.7. The van der Waals surface area contributed by atoms with E-state index >= 15 is 0 Å². The number of aryl methyl sites for hydroxylation is 1. The van der Waals surface area contributed by atoms with Crippen molar-refractivity contribution in [1.29, 1.82) is 0 Å². The lowest BCUT2D eigenvalue weighted by Crippen LogP contribution is -2.46. The van der Waals surface area contributed by atoms with Gasteiger partial charge in [0.15, 0.2) is 6.61 Å². The lowest BCUT2D eigenvalue weighted by molar-refractivity contribution is -0.124. The number of rotatable bonds is 7.